The lowest BCUT2D eigenvalue weighted by Crippen LogP contribution is -2.13. The van der Waals surface area contributed by atoms with Gasteiger partial charge in [0.05, 0.1) is 10.7 Å². The van der Waals surface area contributed by atoms with Crippen molar-refractivity contribution in [2.75, 3.05) is 36.6 Å². The van der Waals surface area contributed by atoms with Gasteiger partial charge < -0.3 is 25.8 Å². The van der Waals surface area contributed by atoms with E-state index in [2.05, 4.69) is 20.9 Å². The summed E-state index contributed by atoms with van der Waals surface area (Å²) in [5, 5.41) is 10.6. The van der Waals surface area contributed by atoms with E-state index in [0.29, 0.717) is 40.0 Å². The number of nitrogens with zero attached hydrogens (tertiary/aromatic N) is 2. The number of carbonyl (C=O) groups is 2. The number of benzene rings is 3. The summed E-state index contributed by atoms with van der Waals surface area (Å²) in [7, 11) is 3.86. The number of pyridine rings is 1. The summed E-state index contributed by atoms with van der Waals surface area (Å²) in [5.74, 6) is 0.126. The summed E-state index contributed by atoms with van der Waals surface area (Å²) in [6, 6.07) is 25.7. The Hall–Kier alpha value is -4.92. The first-order valence-corrected chi connectivity index (χ1v) is 13.4. The van der Waals surface area contributed by atoms with Crippen LogP contribution in [0, 0.1) is 0 Å². The lowest BCUT2D eigenvalue weighted by atomic mass is 10.1. The van der Waals surface area contributed by atoms with Gasteiger partial charge in [0, 0.05) is 57.9 Å². The molecule has 0 aliphatic heterocycles. The number of hydrogen-bond acceptors (Lipinski definition) is 5. The monoisotopic (exact) mass is 564 g/mol. The molecule has 0 spiro atoms. The first kappa shape index (κ1) is 27.6. The molecule has 9 heteroatoms. The van der Waals surface area contributed by atoms with Crippen molar-refractivity contribution in [1.82, 2.24) is 14.9 Å². The van der Waals surface area contributed by atoms with Gasteiger partial charge in [0.15, 0.2) is 0 Å². The molecule has 0 aliphatic rings. The van der Waals surface area contributed by atoms with Crippen LogP contribution in [0.4, 0.5) is 22.9 Å². The molecule has 0 unspecified atom stereocenters. The van der Waals surface area contributed by atoms with Crippen LogP contribution in [0.15, 0.2) is 103 Å². The topological polar surface area (TPSA) is 102 Å². The number of anilines is 4. The highest BCUT2D eigenvalue weighted by atomic mass is 35.5. The summed E-state index contributed by atoms with van der Waals surface area (Å²) < 4.78 is 0. The highest BCUT2D eigenvalue weighted by Gasteiger charge is 2.13. The van der Waals surface area contributed by atoms with Gasteiger partial charge in [0.1, 0.15) is 5.82 Å². The molecule has 0 atom stereocenters. The fourth-order valence-electron chi connectivity index (χ4n) is 4.25. The maximum Gasteiger partial charge on any atom is 0.255 e. The van der Waals surface area contributed by atoms with Crippen LogP contribution in [0.3, 0.4) is 0 Å². The predicted octanol–water partition coefficient (Wildman–Crippen LogP) is 6.94. The number of fused-ring (bicyclic) bond motifs is 1. The van der Waals surface area contributed by atoms with E-state index in [0.717, 1.165) is 22.2 Å². The fraction of sp³-hybridized carbons (Fsp3) is 0.0938. The third kappa shape index (κ3) is 7.00. The molecule has 0 radical (unpaired) electrons. The molecule has 2 heterocycles. The second-order valence-corrected chi connectivity index (χ2v) is 10.1. The summed E-state index contributed by atoms with van der Waals surface area (Å²) in [4.78, 5) is 34.9. The maximum absolute atomic E-state index is 12.9. The van der Waals surface area contributed by atoms with Gasteiger partial charge in [-0.2, -0.15) is 0 Å². The summed E-state index contributed by atoms with van der Waals surface area (Å²) >= 11 is 6.52. The number of aromatic nitrogens is 2. The molecule has 0 aliphatic carbocycles. The predicted molar refractivity (Wildman–Crippen MR) is 167 cm³/mol. The van der Waals surface area contributed by atoms with Gasteiger partial charge >= 0.3 is 0 Å². The van der Waals surface area contributed by atoms with Gasteiger partial charge in [-0.15, -0.1) is 0 Å². The van der Waals surface area contributed by atoms with Crippen molar-refractivity contribution in [3.05, 3.63) is 114 Å². The zero-order chi connectivity index (χ0) is 28.8. The molecule has 0 saturated heterocycles. The highest BCUT2D eigenvalue weighted by molar-refractivity contribution is 6.33. The van der Waals surface area contributed by atoms with Crippen molar-refractivity contribution in [3.8, 4) is 11.3 Å². The highest BCUT2D eigenvalue weighted by Crippen LogP contribution is 2.33. The molecular weight excluding hydrogens is 536 g/mol. The van der Waals surface area contributed by atoms with Crippen LogP contribution in [0.5, 0.6) is 0 Å². The van der Waals surface area contributed by atoms with Crippen LogP contribution < -0.4 is 16.0 Å². The normalized spacial score (nSPS) is 11.2. The number of para-hydroxylation sites is 1. The summed E-state index contributed by atoms with van der Waals surface area (Å²) in [5.41, 5.74) is 5.04. The number of amides is 2. The Morgan fingerprint density at radius 2 is 1.68 bits per heavy atom. The van der Waals surface area contributed by atoms with E-state index in [4.69, 9.17) is 16.6 Å². The second kappa shape index (κ2) is 12.5. The molecule has 0 saturated carbocycles. The lowest BCUT2D eigenvalue weighted by Gasteiger charge is -2.11. The van der Waals surface area contributed by atoms with Crippen LogP contribution >= 0.6 is 11.6 Å². The largest absolute Gasteiger partial charge is 0.360 e. The van der Waals surface area contributed by atoms with E-state index in [1.165, 1.54) is 6.08 Å². The Morgan fingerprint density at radius 3 is 2.49 bits per heavy atom. The molecule has 5 rings (SSSR count). The van der Waals surface area contributed by atoms with Gasteiger partial charge in [-0.25, -0.2) is 4.98 Å². The van der Waals surface area contributed by atoms with E-state index in [1.54, 1.807) is 30.3 Å². The van der Waals surface area contributed by atoms with Crippen molar-refractivity contribution in [2.24, 2.45) is 0 Å². The average molecular weight is 565 g/mol. The summed E-state index contributed by atoms with van der Waals surface area (Å²) in [6.45, 7) is 0.672. The number of nitrogens with one attached hydrogen (secondary N) is 4. The molecule has 206 valence electrons. The third-order valence-electron chi connectivity index (χ3n) is 6.24. The number of hydrogen-bond donors (Lipinski definition) is 4. The zero-order valence-corrected chi connectivity index (χ0v) is 23.4. The van der Waals surface area contributed by atoms with Crippen molar-refractivity contribution in [3.63, 3.8) is 0 Å². The number of likely N-dealkylation sites (N-methyl/N-ethyl adjacent to an activating group) is 1. The van der Waals surface area contributed by atoms with Crippen LogP contribution in [0.25, 0.3) is 22.2 Å². The van der Waals surface area contributed by atoms with Crippen molar-refractivity contribution in [2.45, 2.75) is 0 Å². The van der Waals surface area contributed by atoms with E-state index in [1.807, 2.05) is 85.9 Å². The van der Waals surface area contributed by atoms with Crippen molar-refractivity contribution in [1.29, 1.82) is 0 Å². The number of aromatic amines is 1. The quantitative estimate of drug-likeness (QED) is 0.145. The molecule has 2 aromatic heterocycles. The SMILES string of the molecule is CN(C)CC=CC(=O)Nc1ccc(C(=O)Nc2cccc(Nc3ccc(Cl)c(-c4c[nH]c5ccccc45)n3)c2)cc1. The van der Waals surface area contributed by atoms with E-state index in [9.17, 15) is 9.59 Å². The van der Waals surface area contributed by atoms with Gasteiger partial charge in [0.25, 0.3) is 5.91 Å². The Balaban J connectivity index is 1.24. The van der Waals surface area contributed by atoms with Crippen molar-refractivity contribution < 1.29 is 9.59 Å². The molecular formula is C32H29ClN6O2. The Morgan fingerprint density at radius 1 is 0.902 bits per heavy atom. The van der Waals surface area contributed by atoms with E-state index in [-0.39, 0.29) is 11.8 Å². The Labute approximate surface area is 243 Å². The third-order valence-corrected chi connectivity index (χ3v) is 6.54. The minimum atomic E-state index is -0.267. The van der Waals surface area contributed by atoms with E-state index < -0.39 is 0 Å². The lowest BCUT2D eigenvalue weighted by molar-refractivity contribution is -0.111. The van der Waals surface area contributed by atoms with Gasteiger partial charge in [-0.1, -0.05) is 41.9 Å². The second-order valence-electron chi connectivity index (χ2n) is 9.67. The van der Waals surface area contributed by atoms with Gasteiger partial charge in [-0.3, -0.25) is 9.59 Å². The Kier molecular flexibility index (Phi) is 8.43. The first-order chi connectivity index (χ1) is 19.9. The zero-order valence-electron chi connectivity index (χ0n) is 22.6. The van der Waals surface area contributed by atoms with Crippen LogP contribution in [-0.4, -0.2) is 47.3 Å². The molecule has 2 amide bonds. The molecule has 3 aromatic carbocycles. The molecule has 0 fully saturated rings. The van der Waals surface area contributed by atoms with Crippen LogP contribution in [-0.2, 0) is 4.79 Å². The minimum absolute atomic E-state index is 0.225. The van der Waals surface area contributed by atoms with Gasteiger partial charge in [-0.05, 0) is 74.8 Å². The average Bonchev–Trinajstić information content (AvgIpc) is 3.38. The molecule has 4 N–H and O–H groups in total. The first-order valence-electron chi connectivity index (χ1n) is 13.0. The molecule has 8 nitrogen and oxygen atoms in total. The number of H-pyrrole nitrogens is 1. The van der Waals surface area contributed by atoms with Crippen molar-refractivity contribution >= 4 is 57.2 Å². The van der Waals surface area contributed by atoms with Crippen LogP contribution in [0.1, 0.15) is 10.4 Å². The number of halogens is 1. The molecule has 5 aromatic rings. The maximum atomic E-state index is 12.9. The fourth-order valence-corrected chi connectivity index (χ4v) is 4.46. The van der Waals surface area contributed by atoms with Crippen LogP contribution in [0.2, 0.25) is 5.02 Å². The minimum Gasteiger partial charge on any atom is -0.360 e. The summed E-state index contributed by atoms with van der Waals surface area (Å²) in [6.07, 6.45) is 5.18. The molecule has 41 heavy (non-hydrogen) atoms. The van der Waals surface area contributed by atoms with E-state index >= 15 is 0 Å². The number of rotatable bonds is 9. The number of carbonyl (C=O) groups excluding carboxylic acids is 2. The Bertz CT molecular complexity index is 1730. The smallest absolute Gasteiger partial charge is 0.255 e. The standard InChI is InChI=1S/C32H29ClN6O2/c1-39(2)18-6-11-30(40)36-22-14-12-21(13-15-22)32(41)37-24-8-5-7-23(19-24)35-29-17-16-27(33)31(38-29)26-20-34-28-10-4-3-9-25(26)28/h3-17,19-20,34H,18H2,1-2H3,(H,35,38)(H,36,40)(H,37,41). The van der Waals surface area contributed by atoms with Gasteiger partial charge in [0.2, 0.25) is 5.91 Å². The molecule has 0 bridgehead atoms.